The molecule has 0 bridgehead atoms. The van der Waals surface area contributed by atoms with E-state index in [2.05, 4.69) is 42.3 Å². The molecule has 0 atom stereocenters. The minimum Gasteiger partial charge on any atom is -0.342 e. The summed E-state index contributed by atoms with van der Waals surface area (Å²) in [4.78, 5) is 8.18. The van der Waals surface area contributed by atoms with E-state index in [1.165, 1.54) is 36.2 Å². The maximum absolute atomic E-state index is 4.70. The molecule has 3 heteroatoms. The first-order valence-corrected chi connectivity index (χ1v) is 6.94. The second-order valence-corrected chi connectivity index (χ2v) is 5.64. The van der Waals surface area contributed by atoms with Crippen LogP contribution < -0.4 is 5.32 Å². The van der Waals surface area contributed by atoms with E-state index >= 15 is 0 Å². The van der Waals surface area contributed by atoms with Gasteiger partial charge in [0, 0.05) is 18.5 Å². The average Bonchev–Trinajstić information content (AvgIpc) is 2.65. The van der Waals surface area contributed by atoms with Crippen LogP contribution in [0.4, 0.5) is 0 Å². The summed E-state index contributed by atoms with van der Waals surface area (Å²) in [6, 6.07) is 7.04. The number of fused-ring (bicyclic) bond motifs is 1. The SMILES string of the molecule is CC(C)NCc1ccc2nc(C3CCC3)[nH]c2c1. The predicted molar refractivity (Wildman–Crippen MR) is 74.7 cm³/mol. The number of hydrogen-bond acceptors (Lipinski definition) is 2. The minimum absolute atomic E-state index is 0.521. The zero-order chi connectivity index (χ0) is 12.5. The molecular formula is C15H21N3. The van der Waals surface area contributed by atoms with Crippen LogP contribution in [0.25, 0.3) is 11.0 Å². The second kappa shape index (κ2) is 4.73. The van der Waals surface area contributed by atoms with Crippen molar-refractivity contribution in [2.24, 2.45) is 0 Å². The van der Waals surface area contributed by atoms with Crippen LogP contribution in [0.3, 0.4) is 0 Å². The molecule has 1 aliphatic carbocycles. The highest BCUT2D eigenvalue weighted by atomic mass is 14.9. The van der Waals surface area contributed by atoms with Gasteiger partial charge in [-0.05, 0) is 30.5 Å². The lowest BCUT2D eigenvalue weighted by Gasteiger charge is -2.22. The molecule has 0 amide bonds. The third-order valence-corrected chi connectivity index (χ3v) is 3.77. The van der Waals surface area contributed by atoms with Crippen molar-refractivity contribution in [1.82, 2.24) is 15.3 Å². The Morgan fingerprint density at radius 3 is 2.89 bits per heavy atom. The smallest absolute Gasteiger partial charge is 0.110 e. The first kappa shape index (κ1) is 11.7. The van der Waals surface area contributed by atoms with Gasteiger partial charge in [-0.3, -0.25) is 0 Å². The van der Waals surface area contributed by atoms with E-state index in [0.717, 1.165) is 12.1 Å². The van der Waals surface area contributed by atoms with Crippen molar-refractivity contribution in [1.29, 1.82) is 0 Å². The van der Waals surface area contributed by atoms with Crippen molar-refractivity contribution < 1.29 is 0 Å². The van der Waals surface area contributed by atoms with Crippen molar-refractivity contribution >= 4 is 11.0 Å². The van der Waals surface area contributed by atoms with Gasteiger partial charge in [-0.1, -0.05) is 26.3 Å². The van der Waals surface area contributed by atoms with Crippen molar-refractivity contribution in [3.63, 3.8) is 0 Å². The molecule has 3 nitrogen and oxygen atoms in total. The Morgan fingerprint density at radius 2 is 2.22 bits per heavy atom. The van der Waals surface area contributed by atoms with Crippen LogP contribution in [-0.2, 0) is 6.54 Å². The van der Waals surface area contributed by atoms with Crippen molar-refractivity contribution in [2.75, 3.05) is 0 Å². The van der Waals surface area contributed by atoms with Crippen LogP contribution in [0.15, 0.2) is 18.2 Å². The summed E-state index contributed by atoms with van der Waals surface area (Å²) in [6.07, 6.45) is 3.94. The Hall–Kier alpha value is -1.35. The third kappa shape index (κ3) is 2.27. The maximum Gasteiger partial charge on any atom is 0.110 e. The molecule has 0 radical (unpaired) electrons. The Kier molecular flexibility index (Phi) is 3.08. The van der Waals surface area contributed by atoms with Crippen LogP contribution in [0.1, 0.15) is 50.4 Å². The molecule has 2 aromatic rings. The largest absolute Gasteiger partial charge is 0.342 e. The van der Waals surface area contributed by atoms with Crippen LogP contribution in [0.5, 0.6) is 0 Å². The van der Waals surface area contributed by atoms with Gasteiger partial charge < -0.3 is 10.3 Å². The zero-order valence-corrected chi connectivity index (χ0v) is 11.2. The number of nitrogens with zero attached hydrogens (tertiary/aromatic N) is 1. The van der Waals surface area contributed by atoms with Gasteiger partial charge in [-0.2, -0.15) is 0 Å². The van der Waals surface area contributed by atoms with Crippen molar-refractivity contribution in [2.45, 2.75) is 51.6 Å². The molecular weight excluding hydrogens is 222 g/mol. The fraction of sp³-hybridized carbons (Fsp3) is 0.533. The highest BCUT2D eigenvalue weighted by Gasteiger charge is 2.22. The second-order valence-electron chi connectivity index (χ2n) is 5.64. The molecule has 1 aromatic heterocycles. The Labute approximate surface area is 108 Å². The summed E-state index contributed by atoms with van der Waals surface area (Å²) >= 11 is 0. The average molecular weight is 243 g/mol. The topological polar surface area (TPSA) is 40.7 Å². The number of hydrogen-bond donors (Lipinski definition) is 2. The summed E-state index contributed by atoms with van der Waals surface area (Å²) in [5.74, 6) is 1.86. The molecule has 0 unspecified atom stereocenters. The third-order valence-electron chi connectivity index (χ3n) is 3.77. The van der Waals surface area contributed by atoms with Gasteiger partial charge in [0.05, 0.1) is 11.0 Å². The fourth-order valence-electron chi connectivity index (χ4n) is 2.38. The number of rotatable bonds is 4. The molecule has 1 heterocycles. The molecule has 3 rings (SSSR count). The molecule has 1 aromatic carbocycles. The van der Waals surface area contributed by atoms with E-state index in [4.69, 9.17) is 4.98 Å². The van der Waals surface area contributed by atoms with Crippen molar-refractivity contribution in [3.8, 4) is 0 Å². The predicted octanol–water partition coefficient (Wildman–Crippen LogP) is 3.33. The molecule has 1 fully saturated rings. The first-order chi connectivity index (χ1) is 8.72. The van der Waals surface area contributed by atoms with Gasteiger partial charge >= 0.3 is 0 Å². The quantitative estimate of drug-likeness (QED) is 0.864. The lowest BCUT2D eigenvalue weighted by Crippen LogP contribution is -2.21. The van der Waals surface area contributed by atoms with Gasteiger partial charge in [0.1, 0.15) is 5.82 Å². The van der Waals surface area contributed by atoms with Crippen LogP contribution in [-0.4, -0.2) is 16.0 Å². The summed E-state index contributed by atoms with van der Waals surface area (Å²) in [7, 11) is 0. The Balaban J connectivity index is 1.82. The monoisotopic (exact) mass is 243 g/mol. The molecule has 2 N–H and O–H groups in total. The number of benzene rings is 1. The van der Waals surface area contributed by atoms with Crippen LogP contribution in [0.2, 0.25) is 0 Å². The Morgan fingerprint density at radius 1 is 1.39 bits per heavy atom. The summed E-state index contributed by atoms with van der Waals surface area (Å²) in [5.41, 5.74) is 3.60. The Bertz CT molecular complexity index is 538. The molecule has 96 valence electrons. The standard InChI is InChI=1S/C15H21N3/c1-10(2)16-9-11-6-7-13-14(8-11)18-15(17-13)12-4-3-5-12/h6-8,10,12,16H,3-5,9H2,1-2H3,(H,17,18). The van der Waals surface area contributed by atoms with E-state index in [0.29, 0.717) is 12.0 Å². The van der Waals surface area contributed by atoms with E-state index < -0.39 is 0 Å². The number of nitrogens with one attached hydrogen (secondary N) is 2. The summed E-state index contributed by atoms with van der Waals surface area (Å²) in [5, 5.41) is 3.44. The lowest BCUT2D eigenvalue weighted by molar-refractivity contribution is 0.405. The molecule has 18 heavy (non-hydrogen) atoms. The molecule has 0 spiro atoms. The zero-order valence-electron chi connectivity index (χ0n) is 11.2. The van der Waals surface area contributed by atoms with Crippen LogP contribution >= 0.6 is 0 Å². The van der Waals surface area contributed by atoms with Crippen molar-refractivity contribution in [3.05, 3.63) is 29.6 Å². The normalized spacial score (nSPS) is 16.4. The van der Waals surface area contributed by atoms with E-state index in [1.54, 1.807) is 0 Å². The molecule has 0 aliphatic heterocycles. The highest BCUT2D eigenvalue weighted by molar-refractivity contribution is 5.76. The number of imidazole rings is 1. The maximum atomic E-state index is 4.70. The summed E-state index contributed by atoms with van der Waals surface area (Å²) in [6.45, 7) is 5.26. The van der Waals surface area contributed by atoms with Crippen LogP contribution in [0, 0.1) is 0 Å². The fourth-order valence-corrected chi connectivity index (χ4v) is 2.38. The van der Waals surface area contributed by atoms with E-state index in [9.17, 15) is 0 Å². The van der Waals surface area contributed by atoms with E-state index in [-0.39, 0.29) is 0 Å². The number of aromatic nitrogens is 2. The number of aromatic amines is 1. The molecule has 1 saturated carbocycles. The van der Waals surface area contributed by atoms with Gasteiger partial charge in [-0.25, -0.2) is 4.98 Å². The van der Waals surface area contributed by atoms with Gasteiger partial charge in [0.15, 0.2) is 0 Å². The molecule has 0 saturated heterocycles. The lowest BCUT2D eigenvalue weighted by atomic mass is 9.85. The number of H-pyrrole nitrogens is 1. The van der Waals surface area contributed by atoms with Gasteiger partial charge in [-0.15, -0.1) is 0 Å². The minimum atomic E-state index is 0.521. The van der Waals surface area contributed by atoms with Gasteiger partial charge in [0.2, 0.25) is 0 Å². The summed E-state index contributed by atoms with van der Waals surface area (Å²) < 4.78 is 0. The first-order valence-electron chi connectivity index (χ1n) is 6.94. The molecule has 1 aliphatic rings. The van der Waals surface area contributed by atoms with E-state index in [1.807, 2.05) is 0 Å². The van der Waals surface area contributed by atoms with Gasteiger partial charge in [0.25, 0.3) is 0 Å². The highest BCUT2D eigenvalue weighted by Crippen LogP contribution is 2.35.